The molecule has 0 aliphatic carbocycles. The molecule has 0 unspecified atom stereocenters. The predicted molar refractivity (Wildman–Crippen MR) is 111 cm³/mol. The van der Waals surface area contributed by atoms with Crippen LogP contribution in [0.5, 0.6) is 0 Å². The van der Waals surface area contributed by atoms with E-state index >= 15 is 0 Å². The van der Waals surface area contributed by atoms with Gasteiger partial charge in [-0.3, -0.25) is 4.90 Å². The quantitative estimate of drug-likeness (QED) is 0.809. The van der Waals surface area contributed by atoms with Gasteiger partial charge >= 0.3 is 0 Å². The third-order valence-electron chi connectivity index (χ3n) is 6.34. The fourth-order valence-electron chi connectivity index (χ4n) is 4.45. The average Bonchev–Trinajstić information content (AvgIpc) is 2.70. The molecule has 2 aliphatic heterocycles. The molecule has 144 valence electrons. The molecule has 2 saturated heterocycles. The van der Waals surface area contributed by atoms with Crippen LogP contribution in [0.1, 0.15) is 19.8 Å². The Labute approximate surface area is 162 Å². The molecule has 0 amide bonds. The lowest BCUT2D eigenvalue weighted by Gasteiger charge is -2.45. The van der Waals surface area contributed by atoms with E-state index in [0.29, 0.717) is 12.1 Å². The maximum Gasteiger partial charge on any atom is 0.123 e. The van der Waals surface area contributed by atoms with Gasteiger partial charge < -0.3 is 9.80 Å². The lowest BCUT2D eigenvalue weighted by atomic mass is 9.99. The predicted octanol–water partition coefficient (Wildman–Crippen LogP) is 4.10. The zero-order chi connectivity index (χ0) is 18.8. The highest BCUT2D eigenvalue weighted by molar-refractivity contribution is 5.68. The van der Waals surface area contributed by atoms with E-state index in [-0.39, 0.29) is 5.82 Å². The Bertz CT molecular complexity index is 770. The molecular formula is C23H30FN3. The Hall–Kier alpha value is -1.91. The minimum Gasteiger partial charge on any atom is -0.371 e. The summed E-state index contributed by atoms with van der Waals surface area (Å²) in [5.74, 6) is -0.180. The van der Waals surface area contributed by atoms with Crippen molar-refractivity contribution in [3.8, 4) is 11.1 Å². The minimum atomic E-state index is -0.180. The van der Waals surface area contributed by atoms with Crippen LogP contribution < -0.4 is 4.90 Å². The number of hydrogen-bond donors (Lipinski definition) is 0. The van der Waals surface area contributed by atoms with E-state index in [1.54, 1.807) is 12.1 Å². The van der Waals surface area contributed by atoms with Crippen LogP contribution in [0.4, 0.5) is 10.1 Å². The molecular weight excluding hydrogens is 337 g/mol. The number of benzene rings is 2. The standard InChI is InChI=1S/C23H30FN3/c1-18-17-27(14-13-25(18)2)22-9-11-26(12-10-22)23-8-4-6-20(16-23)19-5-3-7-21(24)15-19/h3-8,15-16,18,22H,9-14,17H2,1-2H3/t18-/m0/s1. The lowest BCUT2D eigenvalue weighted by Crippen LogP contribution is -2.55. The minimum absolute atomic E-state index is 0.180. The first-order valence-corrected chi connectivity index (χ1v) is 10.2. The molecule has 27 heavy (non-hydrogen) atoms. The fraction of sp³-hybridized carbons (Fsp3) is 0.478. The van der Waals surface area contributed by atoms with Gasteiger partial charge in [0.1, 0.15) is 5.82 Å². The largest absolute Gasteiger partial charge is 0.371 e. The number of piperidine rings is 1. The van der Waals surface area contributed by atoms with Gasteiger partial charge in [0, 0.05) is 50.5 Å². The second-order valence-electron chi connectivity index (χ2n) is 8.10. The summed E-state index contributed by atoms with van der Waals surface area (Å²) >= 11 is 0. The molecule has 0 N–H and O–H groups in total. The highest BCUT2D eigenvalue weighted by Crippen LogP contribution is 2.28. The Balaban J connectivity index is 1.41. The summed E-state index contributed by atoms with van der Waals surface area (Å²) in [6.45, 7) is 8.09. The number of likely N-dealkylation sites (N-methyl/N-ethyl adjacent to an activating group) is 1. The van der Waals surface area contributed by atoms with Crippen LogP contribution in [0.25, 0.3) is 11.1 Å². The molecule has 0 bridgehead atoms. The molecule has 0 aromatic heterocycles. The van der Waals surface area contributed by atoms with Crippen LogP contribution in [-0.4, -0.2) is 61.7 Å². The zero-order valence-electron chi connectivity index (χ0n) is 16.4. The normalized spacial score (nSPS) is 22.9. The zero-order valence-corrected chi connectivity index (χ0v) is 16.4. The van der Waals surface area contributed by atoms with Crippen molar-refractivity contribution in [2.75, 3.05) is 44.7 Å². The molecule has 3 nitrogen and oxygen atoms in total. The summed E-state index contributed by atoms with van der Waals surface area (Å²) in [6.07, 6.45) is 2.45. The van der Waals surface area contributed by atoms with E-state index in [1.165, 1.54) is 44.2 Å². The Kier molecular flexibility index (Phi) is 5.46. The van der Waals surface area contributed by atoms with Gasteiger partial charge in [-0.15, -0.1) is 0 Å². The number of rotatable bonds is 3. The van der Waals surface area contributed by atoms with Crippen molar-refractivity contribution in [1.29, 1.82) is 0 Å². The second-order valence-corrected chi connectivity index (χ2v) is 8.10. The van der Waals surface area contributed by atoms with Crippen molar-refractivity contribution < 1.29 is 4.39 Å². The summed E-state index contributed by atoms with van der Waals surface area (Å²) in [5, 5.41) is 0. The first-order chi connectivity index (χ1) is 13.1. The van der Waals surface area contributed by atoms with Crippen LogP contribution in [0.2, 0.25) is 0 Å². The third-order valence-corrected chi connectivity index (χ3v) is 6.34. The van der Waals surface area contributed by atoms with Crippen molar-refractivity contribution >= 4 is 5.69 Å². The van der Waals surface area contributed by atoms with Crippen molar-refractivity contribution in [3.63, 3.8) is 0 Å². The molecule has 4 heteroatoms. The molecule has 2 aromatic rings. The summed E-state index contributed by atoms with van der Waals surface area (Å²) in [5.41, 5.74) is 3.28. The first-order valence-electron chi connectivity index (χ1n) is 10.2. The van der Waals surface area contributed by atoms with Crippen molar-refractivity contribution in [3.05, 3.63) is 54.3 Å². The van der Waals surface area contributed by atoms with Gasteiger partial charge in [-0.25, -0.2) is 4.39 Å². The number of hydrogen-bond acceptors (Lipinski definition) is 3. The Morgan fingerprint density at radius 2 is 1.59 bits per heavy atom. The van der Waals surface area contributed by atoms with Gasteiger partial charge in [0.2, 0.25) is 0 Å². The Morgan fingerprint density at radius 3 is 2.30 bits per heavy atom. The second kappa shape index (κ2) is 7.99. The molecule has 1 atom stereocenters. The average molecular weight is 368 g/mol. The highest BCUT2D eigenvalue weighted by atomic mass is 19.1. The van der Waals surface area contributed by atoms with Gasteiger partial charge in [-0.05, 0) is 62.2 Å². The van der Waals surface area contributed by atoms with Gasteiger partial charge in [0.05, 0.1) is 0 Å². The number of halogens is 1. The SMILES string of the molecule is C[C@H]1CN(C2CCN(c3cccc(-c4cccc(F)c4)c3)CC2)CCN1C. The topological polar surface area (TPSA) is 9.72 Å². The van der Waals surface area contributed by atoms with Crippen LogP contribution in [-0.2, 0) is 0 Å². The molecule has 2 aromatic carbocycles. The van der Waals surface area contributed by atoms with Crippen LogP contribution >= 0.6 is 0 Å². The van der Waals surface area contributed by atoms with Gasteiger partial charge in [0.25, 0.3) is 0 Å². The van der Waals surface area contributed by atoms with E-state index in [0.717, 1.165) is 24.2 Å². The first kappa shape index (κ1) is 18.5. The summed E-state index contributed by atoms with van der Waals surface area (Å²) < 4.78 is 13.6. The van der Waals surface area contributed by atoms with Crippen molar-refractivity contribution in [2.45, 2.75) is 31.8 Å². The number of anilines is 1. The van der Waals surface area contributed by atoms with E-state index < -0.39 is 0 Å². The van der Waals surface area contributed by atoms with E-state index in [4.69, 9.17) is 0 Å². The summed E-state index contributed by atoms with van der Waals surface area (Å²) in [7, 11) is 2.23. The highest BCUT2D eigenvalue weighted by Gasteiger charge is 2.29. The fourth-order valence-corrected chi connectivity index (χ4v) is 4.45. The molecule has 0 radical (unpaired) electrons. The molecule has 0 saturated carbocycles. The van der Waals surface area contributed by atoms with E-state index in [2.05, 4.69) is 52.9 Å². The molecule has 2 fully saturated rings. The number of piperazine rings is 1. The van der Waals surface area contributed by atoms with E-state index in [1.807, 2.05) is 6.07 Å². The van der Waals surface area contributed by atoms with Crippen LogP contribution in [0, 0.1) is 5.82 Å². The van der Waals surface area contributed by atoms with E-state index in [9.17, 15) is 4.39 Å². The lowest BCUT2D eigenvalue weighted by molar-refractivity contribution is 0.0627. The Morgan fingerprint density at radius 1 is 0.889 bits per heavy atom. The maximum atomic E-state index is 13.6. The van der Waals surface area contributed by atoms with Crippen molar-refractivity contribution in [1.82, 2.24) is 9.80 Å². The van der Waals surface area contributed by atoms with Crippen molar-refractivity contribution in [2.24, 2.45) is 0 Å². The molecule has 4 rings (SSSR count). The van der Waals surface area contributed by atoms with Crippen LogP contribution in [0.3, 0.4) is 0 Å². The smallest absolute Gasteiger partial charge is 0.123 e. The van der Waals surface area contributed by atoms with Gasteiger partial charge in [0.15, 0.2) is 0 Å². The van der Waals surface area contributed by atoms with Crippen LogP contribution in [0.15, 0.2) is 48.5 Å². The third kappa shape index (κ3) is 4.17. The number of nitrogens with zero attached hydrogens (tertiary/aromatic N) is 3. The van der Waals surface area contributed by atoms with Gasteiger partial charge in [-0.2, -0.15) is 0 Å². The summed E-state index contributed by atoms with van der Waals surface area (Å²) in [4.78, 5) is 7.65. The maximum absolute atomic E-state index is 13.6. The molecule has 0 spiro atoms. The molecule has 2 heterocycles. The summed E-state index contributed by atoms with van der Waals surface area (Å²) in [6, 6.07) is 16.8. The monoisotopic (exact) mass is 367 g/mol. The van der Waals surface area contributed by atoms with Gasteiger partial charge in [-0.1, -0.05) is 24.3 Å². The molecule has 2 aliphatic rings.